The second-order valence-corrected chi connectivity index (χ2v) is 7.57. The summed E-state index contributed by atoms with van der Waals surface area (Å²) in [5.74, 6) is -0.254. The minimum absolute atomic E-state index is 0.113. The highest BCUT2D eigenvalue weighted by Gasteiger charge is 2.55. The molecule has 1 N–H and O–H groups in total. The molecule has 1 heterocycles. The van der Waals surface area contributed by atoms with Crippen LogP contribution in [0.25, 0.3) is 0 Å². The van der Waals surface area contributed by atoms with Crippen LogP contribution in [0.2, 0.25) is 0 Å². The first-order valence-corrected chi connectivity index (χ1v) is 9.63. The van der Waals surface area contributed by atoms with Gasteiger partial charge in [0.25, 0.3) is 5.91 Å². The van der Waals surface area contributed by atoms with Gasteiger partial charge in [-0.3, -0.25) is 14.5 Å². The Kier molecular flexibility index (Phi) is 5.16. The summed E-state index contributed by atoms with van der Waals surface area (Å²) < 4.78 is 0. The van der Waals surface area contributed by atoms with Crippen molar-refractivity contribution in [2.24, 2.45) is 5.92 Å². The van der Waals surface area contributed by atoms with E-state index >= 15 is 0 Å². The maximum absolute atomic E-state index is 13.0. The number of nitrogens with one attached hydrogen (secondary N) is 1. The van der Waals surface area contributed by atoms with Gasteiger partial charge in [0.1, 0.15) is 12.1 Å². The zero-order valence-electron chi connectivity index (χ0n) is 15.3. The summed E-state index contributed by atoms with van der Waals surface area (Å²) in [6, 6.07) is -0.413. The van der Waals surface area contributed by atoms with Gasteiger partial charge in [0.05, 0.1) is 0 Å². The van der Waals surface area contributed by atoms with Crippen LogP contribution in [0.5, 0.6) is 0 Å². The van der Waals surface area contributed by atoms with Crippen LogP contribution < -0.4 is 5.32 Å². The molecule has 2 aliphatic carbocycles. The molecule has 0 aromatic heterocycles. The van der Waals surface area contributed by atoms with Gasteiger partial charge in [0.2, 0.25) is 5.91 Å². The number of amides is 4. The minimum Gasteiger partial charge on any atom is -0.323 e. The van der Waals surface area contributed by atoms with Crippen molar-refractivity contribution < 1.29 is 14.4 Å². The molecule has 1 saturated heterocycles. The standard InChI is InChI=1S/C19H29N3O3/c1-3-12-21(15-9-4-5-10-15)16(23)13-22-17(24)19(20-18(22)25)11-7-6-8-14(19)2/h9,14H,3-8,10-13H2,1-2H3,(H,20,25)/t14-,19+/m1/s1. The fourth-order valence-electron chi connectivity index (χ4n) is 4.41. The average molecular weight is 347 g/mol. The van der Waals surface area contributed by atoms with Crippen molar-refractivity contribution in [2.45, 2.75) is 70.8 Å². The summed E-state index contributed by atoms with van der Waals surface area (Å²) in [5.41, 5.74) is 0.248. The molecule has 138 valence electrons. The number of allylic oxidation sites excluding steroid dienone is 2. The molecule has 6 heteroatoms. The topological polar surface area (TPSA) is 69.7 Å². The first-order chi connectivity index (χ1) is 12.0. The Labute approximate surface area is 149 Å². The Bertz CT molecular complexity index is 601. The van der Waals surface area contributed by atoms with E-state index in [1.807, 2.05) is 13.8 Å². The highest BCUT2D eigenvalue weighted by atomic mass is 16.2. The van der Waals surface area contributed by atoms with Gasteiger partial charge < -0.3 is 10.2 Å². The molecule has 0 aromatic rings. The van der Waals surface area contributed by atoms with Crippen molar-refractivity contribution in [2.75, 3.05) is 13.1 Å². The molecule has 2 fully saturated rings. The quantitative estimate of drug-likeness (QED) is 0.778. The molecule has 3 rings (SSSR count). The Morgan fingerprint density at radius 1 is 1.36 bits per heavy atom. The van der Waals surface area contributed by atoms with E-state index in [1.165, 1.54) is 0 Å². The van der Waals surface area contributed by atoms with Crippen LogP contribution in [-0.2, 0) is 9.59 Å². The predicted octanol–water partition coefficient (Wildman–Crippen LogP) is 2.79. The van der Waals surface area contributed by atoms with Crippen LogP contribution in [-0.4, -0.2) is 46.3 Å². The molecular formula is C19H29N3O3. The number of carbonyl (C=O) groups excluding carboxylic acids is 3. The van der Waals surface area contributed by atoms with Crippen LogP contribution in [0.1, 0.15) is 65.2 Å². The monoisotopic (exact) mass is 347 g/mol. The highest BCUT2D eigenvalue weighted by Crippen LogP contribution is 2.38. The van der Waals surface area contributed by atoms with Gasteiger partial charge in [-0.1, -0.05) is 32.8 Å². The van der Waals surface area contributed by atoms with E-state index in [1.54, 1.807) is 4.90 Å². The van der Waals surface area contributed by atoms with Crippen molar-refractivity contribution >= 4 is 17.8 Å². The van der Waals surface area contributed by atoms with Gasteiger partial charge in [-0.15, -0.1) is 0 Å². The normalized spacial score (nSPS) is 29.1. The second-order valence-electron chi connectivity index (χ2n) is 7.57. The lowest BCUT2D eigenvalue weighted by molar-refractivity contribution is -0.139. The van der Waals surface area contributed by atoms with Crippen LogP contribution in [0, 0.1) is 5.92 Å². The number of nitrogens with zero attached hydrogens (tertiary/aromatic N) is 2. The number of rotatable bonds is 5. The summed E-state index contributed by atoms with van der Waals surface area (Å²) in [4.78, 5) is 41.2. The van der Waals surface area contributed by atoms with E-state index < -0.39 is 11.6 Å². The van der Waals surface area contributed by atoms with E-state index in [2.05, 4.69) is 11.4 Å². The van der Waals surface area contributed by atoms with E-state index in [0.717, 1.165) is 55.5 Å². The lowest BCUT2D eigenvalue weighted by Gasteiger charge is -2.36. The Hall–Kier alpha value is -1.85. The van der Waals surface area contributed by atoms with Crippen molar-refractivity contribution in [3.8, 4) is 0 Å². The summed E-state index contributed by atoms with van der Waals surface area (Å²) >= 11 is 0. The molecule has 0 unspecified atom stereocenters. The first kappa shape index (κ1) is 18.0. The number of urea groups is 1. The average Bonchev–Trinajstić information content (AvgIpc) is 3.19. The third kappa shape index (κ3) is 3.18. The fraction of sp³-hybridized carbons (Fsp3) is 0.737. The van der Waals surface area contributed by atoms with Gasteiger partial charge >= 0.3 is 6.03 Å². The maximum atomic E-state index is 13.0. The van der Waals surface area contributed by atoms with Crippen molar-refractivity contribution in [3.05, 3.63) is 11.8 Å². The van der Waals surface area contributed by atoms with Crippen molar-refractivity contribution in [3.63, 3.8) is 0 Å². The largest absolute Gasteiger partial charge is 0.325 e. The van der Waals surface area contributed by atoms with E-state index in [9.17, 15) is 14.4 Å². The third-order valence-corrected chi connectivity index (χ3v) is 5.91. The first-order valence-electron chi connectivity index (χ1n) is 9.63. The van der Waals surface area contributed by atoms with Gasteiger partial charge in [-0.25, -0.2) is 4.79 Å². The van der Waals surface area contributed by atoms with E-state index in [4.69, 9.17) is 0 Å². The van der Waals surface area contributed by atoms with Crippen LogP contribution in [0.15, 0.2) is 11.8 Å². The molecule has 1 spiro atoms. The minimum atomic E-state index is -0.794. The maximum Gasteiger partial charge on any atom is 0.325 e. The fourth-order valence-corrected chi connectivity index (χ4v) is 4.41. The van der Waals surface area contributed by atoms with Crippen LogP contribution in [0.4, 0.5) is 4.79 Å². The number of carbonyl (C=O) groups is 3. The molecule has 0 radical (unpaired) electrons. The molecule has 4 amide bonds. The zero-order chi connectivity index (χ0) is 18.0. The van der Waals surface area contributed by atoms with Crippen LogP contribution >= 0.6 is 0 Å². The van der Waals surface area contributed by atoms with E-state index in [-0.39, 0.29) is 24.3 Å². The Morgan fingerprint density at radius 3 is 2.80 bits per heavy atom. The summed E-state index contributed by atoms with van der Waals surface area (Å²) in [6.45, 7) is 4.53. The third-order valence-electron chi connectivity index (χ3n) is 5.91. The molecule has 0 aromatic carbocycles. The molecule has 1 aliphatic heterocycles. The zero-order valence-corrected chi connectivity index (χ0v) is 15.3. The van der Waals surface area contributed by atoms with Crippen LogP contribution in [0.3, 0.4) is 0 Å². The molecule has 6 nitrogen and oxygen atoms in total. The Morgan fingerprint density at radius 2 is 2.16 bits per heavy atom. The van der Waals surface area contributed by atoms with Crippen molar-refractivity contribution in [1.29, 1.82) is 0 Å². The molecular weight excluding hydrogens is 318 g/mol. The van der Waals surface area contributed by atoms with Gasteiger partial charge in [-0.05, 0) is 44.4 Å². The predicted molar refractivity (Wildman–Crippen MR) is 94.5 cm³/mol. The molecule has 1 saturated carbocycles. The number of hydrogen-bond donors (Lipinski definition) is 1. The number of imide groups is 1. The van der Waals surface area contributed by atoms with Crippen molar-refractivity contribution in [1.82, 2.24) is 15.1 Å². The van der Waals surface area contributed by atoms with Gasteiger partial charge in [-0.2, -0.15) is 0 Å². The van der Waals surface area contributed by atoms with E-state index in [0.29, 0.717) is 13.0 Å². The lowest BCUT2D eigenvalue weighted by Crippen LogP contribution is -2.54. The summed E-state index contributed by atoms with van der Waals surface area (Å²) in [7, 11) is 0. The summed E-state index contributed by atoms with van der Waals surface area (Å²) in [6.07, 6.45) is 9.53. The number of hydrogen-bond acceptors (Lipinski definition) is 3. The molecule has 25 heavy (non-hydrogen) atoms. The smallest absolute Gasteiger partial charge is 0.323 e. The molecule has 3 aliphatic rings. The van der Waals surface area contributed by atoms with Gasteiger partial charge in [0.15, 0.2) is 0 Å². The molecule has 0 bridgehead atoms. The second kappa shape index (κ2) is 7.18. The lowest BCUT2D eigenvalue weighted by atomic mass is 9.73. The van der Waals surface area contributed by atoms with Gasteiger partial charge in [0, 0.05) is 12.2 Å². The molecule has 2 atom stereocenters. The summed E-state index contributed by atoms with van der Waals surface area (Å²) in [5, 5.41) is 2.92. The highest BCUT2D eigenvalue weighted by molar-refractivity contribution is 6.09. The Balaban J connectivity index is 1.74. The SMILES string of the molecule is CCCN(C(=O)CN1C(=O)N[C@]2(CCCC[C@H]2C)C1=O)C1=CCCC1.